The Hall–Kier alpha value is -0.0500. The molecule has 2 nitrogen and oxygen atoms in total. The van der Waals surface area contributed by atoms with Crippen LogP contribution in [-0.2, 0) is 4.74 Å². The average molecular weight is 192 g/mol. The zero-order chi connectivity index (χ0) is 9.23. The predicted octanol–water partition coefficient (Wildman–Crippen LogP) is 2.15. The minimum atomic E-state index is 0.673. The summed E-state index contributed by atoms with van der Waals surface area (Å²) in [6.07, 6.45) is 3.52. The van der Waals surface area contributed by atoms with Crippen molar-refractivity contribution in [2.75, 3.05) is 26.8 Å². The summed E-state index contributed by atoms with van der Waals surface area (Å²) in [5.74, 6) is 0. The second-order valence-electron chi connectivity index (χ2n) is 2.75. The molecule has 0 rings (SSSR count). The summed E-state index contributed by atoms with van der Waals surface area (Å²) in [5, 5.41) is 3.86. The van der Waals surface area contributed by atoms with Gasteiger partial charge in [-0.2, -0.15) is 0 Å². The zero-order valence-electron chi connectivity index (χ0n) is 7.74. The molecule has 0 unspecified atom stereocenters. The van der Waals surface area contributed by atoms with Gasteiger partial charge in [0, 0.05) is 25.3 Å². The first-order chi connectivity index (χ1) is 5.77. The van der Waals surface area contributed by atoms with Crippen LogP contribution < -0.4 is 5.32 Å². The zero-order valence-corrected chi connectivity index (χ0v) is 8.49. The second kappa shape index (κ2) is 9.04. The van der Waals surface area contributed by atoms with E-state index in [0.717, 1.165) is 19.6 Å². The van der Waals surface area contributed by atoms with E-state index in [1.807, 2.05) is 0 Å². The van der Waals surface area contributed by atoms with Crippen LogP contribution in [0.4, 0.5) is 0 Å². The van der Waals surface area contributed by atoms with Crippen LogP contribution >= 0.6 is 11.6 Å². The van der Waals surface area contributed by atoms with Gasteiger partial charge in [-0.05, 0) is 25.8 Å². The highest BCUT2D eigenvalue weighted by molar-refractivity contribution is 6.29. The first-order valence-corrected chi connectivity index (χ1v) is 4.68. The third-order valence-electron chi connectivity index (χ3n) is 1.52. The van der Waals surface area contributed by atoms with Crippen molar-refractivity contribution in [3.05, 3.63) is 11.6 Å². The van der Waals surface area contributed by atoms with Crippen molar-refractivity contribution < 1.29 is 4.74 Å². The van der Waals surface area contributed by atoms with Crippen molar-refractivity contribution in [2.24, 2.45) is 0 Å². The number of rotatable bonds is 8. The monoisotopic (exact) mass is 191 g/mol. The van der Waals surface area contributed by atoms with Crippen LogP contribution in [0, 0.1) is 0 Å². The van der Waals surface area contributed by atoms with E-state index in [9.17, 15) is 0 Å². The van der Waals surface area contributed by atoms with Crippen LogP contribution in [0.2, 0.25) is 0 Å². The van der Waals surface area contributed by atoms with Crippen molar-refractivity contribution in [1.29, 1.82) is 0 Å². The van der Waals surface area contributed by atoms with E-state index in [-0.39, 0.29) is 0 Å². The molecule has 0 aliphatic carbocycles. The Morgan fingerprint density at radius 2 is 2.17 bits per heavy atom. The third-order valence-corrected chi connectivity index (χ3v) is 1.65. The number of hydrogen-bond donors (Lipinski definition) is 1. The molecule has 0 bridgehead atoms. The number of methoxy groups -OCH3 is 1. The number of unbranched alkanes of at least 4 members (excludes halogenated alkanes) is 2. The minimum absolute atomic E-state index is 0.673. The maximum atomic E-state index is 5.56. The van der Waals surface area contributed by atoms with Crippen LogP contribution in [0.25, 0.3) is 0 Å². The summed E-state index contributed by atoms with van der Waals surface area (Å²) in [7, 11) is 1.73. The Kier molecular flexibility index (Phi) is 9.00. The summed E-state index contributed by atoms with van der Waals surface area (Å²) in [6.45, 7) is 6.17. The highest BCUT2D eigenvalue weighted by Crippen LogP contribution is 1.95. The van der Waals surface area contributed by atoms with Crippen LogP contribution in [0.1, 0.15) is 19.3 Å². The molecule has 0 saturated heterocycles. The summed E-state index contributed by atoms with van der Waals surface area (Å²) in [6, 6.07) is 0. The normalized spacial score (nSPS) is 10.2. The highest BCUT2D eigenvalue weighted by atomic mass is 35.5. The molecule has 0 heterocycles. The van der Waals surface area contributed by atoms with Gasteiger partial charge in [0.2, 0.25) is 0 Å². The van der Waals surface area contributed by atoms with E-state index < -0.39 is 0 Å². The molecule has 0 aromatic heterocycles. The molecular weight excluding hydrogens is 174 g/mol. The van der Waals surface area contributed by atoms with E-state index in [2.05, 4.69) is 11.9 Å². The summed E-state index contributed by atoms with van der Waals surface area (Å²) in [5.41, 5.74) is 0. The minimum Gasteiger partial charge on any atom is -0.385 e. The topological polar surface area (TPSA) is 21.3 Å². The highest BCUT2D eigenvalue weighted by Gasteiger charge is 1.90. The Bertz CT molecular complexity index is 117. The number of halogens is 1. The molecule has 0 atom stereocenters. The van der Waals surface area contributed by atoms with Gasteiger partial charge in [0.15, 0.2) is 0 Å². The molecule has 0 spiro atoms. The van der Waals surface area contributed by atoms with Gasteiger partial charge >= 0.3 is 0 Å². The van der Waals surface area contributed by atoms with Gasteiger partial charge in [-0.15, -0.1) is 0 Å². The molecule has 0 fully saturated rings. The van der Waals surface area contributed by atoms with Crippen molar-refractivity contribution >= 4 is 11.6 Å². The van der Waals surface area contributed by atoms with E-state index in [0.29, 0.717) is 11.6 Å². The van der Waals surface area contributed by atoms with Crippen LogP contribution in [0.5, 0.6) is 0 Å². The largest absolute Gasteiger partial charge is 0.385 e. The number of ether oxygens (including phenoxy) is 1. The van der Waals surface area contributed by atoms with Gasteiger partial charge < -0.3 is 10.1 Å². The van der Waals surface area contributed by atoms with E-state index in [4.69, 9.17) is 16.3 Å². The van der Waals surface area contributed by atoms with Gasteiger partial charge in [-0.1, -0.05) is 18.2 Å². The lowest BCUT2D eigenvalue weighted by atomic mass is 10.2. The molecule has 0 amide bonds. The Balaban J connectivity index is 2.86. The van der Waals surface area contributed by atoms with Gasteiger partial charge in [-0.25, -0.2) is 0 Å². The van der Waals surface area contributed by atoms with Crippen molar-refractivity contribution in [3.8, 4) is 0 Å². The third kappa shape index (κ3) is 9.95. The first-order valence-electron chi connectivity index (χ1n) is 4.30. The molecule has 0 aromatic rings. The maximum absolute atomic E-state index is 5.56. The number of nitrogens with one attached hydrogen (secondary N) is 1. The molecule has 0 aliphatic heterocycles. The molecule has 12 heavy (non-hydrogen) atoms. The molecule has 0 radical (unpaired) electrons. The predicted molar refractivity (Wildman–Crippen MR) is 53.6 cm³/mol. The summed E-state index contributed by atoms with van der Waals surface area (Å²) < 4.78 is 4.93. The van der Waals surface area contributed by atoms with Gasteiger partial charge in [0.05, 0.1) is 0 Å². The maximum Gasteiger partial charge on any atom is 0.0462 e. The molecule has 0 aromatic carbocycles. The van der Waals surface area contributed by atoms with Gasteiger partial charge in [0.1, 0.15) is 0 Å². The smallest absolute Gasteiger partial charge is 0.0462 e. The molecule has 72 valence electrons. The SMILES string of the molecule is C=C(Cl)CNCCCCCOC. The quantitative estimate of drug-likeness (QED) is 0.594. The second-order valence-corrected chi connectivity index (χ2v) is 3.28. The standard InChI is InChI=1S/C9H18ClNO/c1-9(10)8-11-6-4-3-5-7-12-2/h11H,1,3-8H2,2H3. The molecule has 3 heteroatoms. The first kappa shape index (κ1) is 11.9. The fourth-order valence-corrected chi connectivity index (χ4v) is 0.992. The van der Waals surface area contributed by atoms with Crippen molar-refractivity contribution in [2.45, 2.75) is 19.3 Å². The summed E-state index contributed by atoms with van der Waals surface area (Å²) >= 11 is 5.56. The lowest BCUT2D eigenvalue weighted by Gasteiger charge is -2.02. The molecule has 1 N–H and O–H groups in total. The van der Waals surface area contributed by atoms with Crippen LogP contribution in [0.3, 0.4) is 0 Å². The van der Waals surface area contributed by atoms with E-state index >= 15 is 0 Å². The number of hydrogen-bond acceptors (Lipinski definition) is 2. The van der Waals surface area contributed by atoms with Crippen molar-refractivity contribution in [1.82, 2.24) is 5.32 Å². The van der Waals surface area contributed by atoms with E-state index in [1.54, 1.807) is 7.11 Å². The molecule has 0 aliphatic rings. The fourth-order valence-electron chi connectivity index (χ4n) is 0.897. The summed E-state index contributed by atoms with van der Waals surface area (Å²) in [4.78, 5) is 0. The Morgan fingerprint density at radius 3 is 2.75 bits per heavy atom. The Labute approximate surface area is 79.9 Å². The molecular formula is C9H18ClNO. The van der Waals surface area contributed by atoms with Crippen LogP contribution in [0.15, 0.2) is 11.6 Å². The molecule has 0 saturated carbocycles. The Morgan fingerprint density at radius 1 is 1.42 bits per heavy atom. The fraction of sp³-hybridized carbons (Fsp3) is 0.778. The lowest BCUT2D eigenvalue weighted by molar-refractivity contribution is 0.192. The van der Waals surface area contributed by atoms with Gasteiger partial charge in [0.25, 0.3) is 0 Å². The van der Waals surface area contributed by atoms with Gasteiger partial charge in [-0.3, -0.25) is 0 Å². The van der Waals surface area contributed by atoms with E-state index in [1.165, 1.54) is 12.8 Å². The average Bonchev–Trinajstić information content (AvgIpc) is 2.02. The van der Waals surface area contributed by atoms with Crippen LogP contribution in [-0.4, -0.2) is 26.8 Å². The lowest BCUT2D eigenvalue weighted by Crippen LogP contribution is -2.16. The van der Waals surface area contributed by atoms with Crippen molar-refractivity contribution in [3.63, 3.8) is 0 Å².